The molecule has 0 saturated carbocycles. The smallest absolute Gasteiger partial charge is 0.239 e. The van der Waals surface area contributed by atoms with Gasteiger partial charge in [0.15, 0.2) is 0 Å². The molecule has 0 radical (unpaired) electrons. The lowest BCUT2D eigenvalue weighted by molar-refractivity contribution is -0.136. The van der Waals surface area contributed by atoms with Crippen molar-refractivity contribution in [2.45, 2.75) is 25.8 Å². The molecule has 0 aliphatic carbocycles. The number of likely N-dealkylation sites (tertiary alicyclic amines) is 1. The molecule has 0 bridgehead atoms. The maximum absolute atomic E-state index is 12.7. The number of thioether (sulfide) groups is 1. The van der Waals surface area contributed by atoms with Gasteiger partial charge in [-0.05, 0) is 38.4 Å². The molecule has 1 aromatic rings. The quantitative estimate of drug-likeness (QED) is 0.905. The number of carbonyl (C=O) groups excluding carboxylic acids is 2. The van der Waals surface area contributed by atoms with Gasteiger partial charge in [-0.2, -0.15) is 11.8 Å². The number of anilines is 1. The summed E-state index contributed by atoms with van der Waals surface area (Å²) in [7, 11) is 0. The van der Waals surface area contributed by atoms with E-state index in [1.807, 2.05) is 52.8 Å². The normalized spacial score (nSPS) is 21.7. The molecule has 2 aliphatic heterocycles. The first-order chi connectivity index (χ1) is 11.6. The van der Waals surface area contributed by atoms with Crippen LogP contribution in [0.5, 0.6) is 0 Å². The van der Waals surface area contributed by atoms with Crippen LogP contribution >= 0.6 is 11.8 Å². The Morgan fingerprint density at radius 1 is 1.17 bits per heavy atom. The van der Waals surface area contributed by atoms with Crippen molar-refractivity contribution in [3.05, 3.63) is 29.8 Å². The average Bonchev–Trinajstić information content (AvgIpc) is 3.05. The summed E-state index contributed by atoms with van der Waals surface area (Å²) in [5.74, 6) is 2.20. The molecule has 1 unspecified atom stereocenters. The van der Waals surface area contributed by atoms with Crippen molar-refractivity contribution in [2.24, 2.45) is 0 Å². The Hall–Kier alpha value is -1.53. The first kappa shape index (κ1) is 17.3. The van der Waals surface area contributed by atoms with Crippen LogP contribution in [0.15, 0.2) is 24.3 Å². The second kappa shape index (κ2) is 8.03. The zero-order chi connectivity index (χ0) is 16.9. The highest BCUT2D eigenvalue weighted by molar-refractivity contribution is 7.99. The topological polar surface area (TPSA) is 52.7 Å². The number of nitrogens with zero attached hydrogens (tertiary/aromatic N) is 2. The highest BCUT2D eigenvalue weighted by Crippen LogP contribution is 2.21. The number of hydrogen-bond donors (Lipinski definition) is 1. The summed E-state index contributed by atoms with van der Waals surface area (Å²) in [6, 6.07) is 7.64. The predicted octanol–water partition coefficient (Wildman–Crippen LogP) is 1.97. The van der Waals surface area contributed by atoms with Gasteiger partial charge in [0.05, 0.1) is 12.6 Å². The summed E-state index contributed by atoms with van der Waals surface area (Å²) in [6.45, 7) is 4.80. The Balaban J connectivity index is 1.55. The van der Waals surface area contributed by atoms with Gasteiger partial charge >= 0.3 is 0 Å². The van der Waals surface area contributed by atoms with Gasteiger partial charge in [0.1, 0.15) is 0 Å². The summed E-state index contributed by atoms with van der Waals surface area (Å²) in [5.41, 5.74) is 1.97. The number of amides is 2. The summed E-state index contributed by atoms with van der Waals surface area (Å²) >= 11 is 1.90. The Kier molecular flexibility index (Phi) is 5.79. The van der Waals surface area contributed by atoms with E-state index in [0.717, 1.165) is 55.2 Å². The molecule has 2 amide bonds. The van der Waals surface area contributed by atoms with Crippen LogP contribution in [0.2, 0.25) is 0 Å². The van der Waals surface area contributed by atoms with Crippen LogP contribution < -0.4 is 5.32 Å². The average molecular weight is 347 g/mol. The number of nitrogens with one attached hydrogen (secondary N) is 1. The van der Waals surface area contributed by atoms with Crippen molar-refractivity contribution in [3.8, 4) is 0 Å². The fourth-order valence-corrected chi connectivity index (χ4v) is 4.21. The Labute approximate surface area is 147 Å². The zero-order valence-corrected chi connectivity index (χ0v) is 15.0. The highest BCUT2D eigenvalue weighted by atomic mass is 32.2. The van der Waals surface area contributed by atoms with Crippen LogP contribution in [-0.4, -0.2) is 65.3 Å². The minimum Gasteiger partial charge on any atom is -0.340 e. The molecule has 3 rings (SSSR count). The van der Waals surface area contributed by atoms with Crippen LogP contribution in [0.1, 0.15) is 18.4 Å². The minimum absolute atomic E-state index is 0.0484. The number of aryl methyl sites for hydroxylation is 1. The molecule has 5 nitrogen and oxygen atoms in total. The minimum atomic E-state index is -0.128. The summed E-state index contributed by atoms with van der Waals surface area (Å²) in [5, 5.41) is 2.93. The monoisotopic (exact) mass is 347 g/mol. The summed E-state index contributed by atoms with van der Waals surface area (Å²) in [6.07, 6.45) is 1.84. The van der Waals surface area contributed by atoms with Gasteiger partial charge in [0.25, 0.3) is 0 Å². The van der Waals surface area contributed by atoms with E-state index in [0.29, 0.717) is 0 Å². The van der Waals surface area contributed by atoms with Gasteiger partial charge in [-0.1, -0.05) is 17.7 Å². The van der Waals surface area contributed by atoms with E-state index in [2.05, 4.69) is 5.32 Å². The van der Waals surface area contributed by atoms with Crippen LogP contribution in [0.3, 0.4) is 0 Å². The van der Waals surface area contributed by atoms with Crippen molar-refractivity contribution in [1.29, 1.82) is 0 Å². The third kappa shape index (κ3) is 4.30. The molecule has 1 N–H and O–H groups in total. The van der Waals surface area contributed by atoms with Gasteiger partial charge in [0, 0.05) is 30.3 Å². The fourth-order valence-electron chi connectivity index (χ4n) is 3.31. The molecule has 130 valence electrons. The van der Waals surface area contributed by atoms with Crippen LogP contribution in [0.4, 0.5) is 5.69 Å². The Bertz CT molecular complexity index is 584. The van der Waals surface area contributed by atoms with E-state index in [9.17, 15) is 9.59 Å². The largest absolute Gasteiger partial charge is 0.340 e. The highest BCUT2D eigenvalue weighted by Gasteiger charge is 2.34. The second-order valence-electron chi connectivity index (χ2n) is 6.48. The van der Waals surface area contributed by atoms with Crippen LogP contribution in [0, 0.1) is 6.92 Å². The van der Waals surface area contributed by atoms with E-state index in [-0.39, 0.29) is 24.4 Å². The maximum Gasteiger partial charge on any atom is 0.239 e. The molecule has 1 atom stereocenters. The van der Waals surface area contributed by atoms with E-state index >= 15 is 0 Å². The van der Waals surface area contributed by atoms with Gasteiger partial charge in [0.2, 0.25) is 11.8 Å². The second-order valence-corrected chi connectivity index (χ2v) is 7.71. The molecule has 2 saturated heterocycles. The third-order valence-electron chi connectivity index (χ3n) is 4.65. The van der Waals surface area contributed by atoms with E-state index in [4.69, 9.17) is 0 Å². The number of benzene rings is 1. The molecule has 1 aromatic carbocycles. The van der Waals surface area contributed by atoms with Gasteiger partial charge in [-0.15, -0.1) is 0 Å². The molecular formula is C18H25N3O2S. The summed E-state index contributed by atoms with van der Waals surface area (Å²) < 4.78 is 0. The summed E-state index contributed by atoms with van der Waals surface area (Å²) in [4.78, 5) is 29.1. The molecule has 0 aromatic heterocycles. The third-order valence-corrected chi connectivity index (χ3v) is 5.60. The van der Waals surface area contributed by atoms with Crippen LogP contribution in [0.25, 0.3) is 0 Å². The lowest BCUT2D eigenvalue weighted by Crippen LogP contribution is -2.49. The molecule has 2 fully saturated rings. The molecule has 2 heterocycles. The first-order valence-electron chi connectivity index (χ1n) is 8.60. The fraction of sp³-hybridized carbons (Fsp3) is 0.556. The number of carbonyl (C=O) groups is 2. The zero-order valence-electron chi connectivity index (χ0n) is 14.2. The molecule has 0 spiro atoms. The SMILES string of the molecule is Cc1ccc(NC(=O)CN2CCCC2C(=O)N2CCSCC2)cc1. The van der Waals surface area contributed by atoms with Gasteiger partial charge in [-0.3, -0.25) is 14.5 Å². The lowest BCUT2D eigenvalue weighted by atomic mass is 10.2. The van der Waals surface area contributed by atoms with E-state index in [1.165, 1.54) is 0 Å². The van der Waals surface area contributed by atoms with Crippen molar-refractivity contribution < 1.29 is 9.59 Å². The Morgan fingerprint density at radius 3 is 2.58 bits per heavy atom. The van der Waals surface area contributed by atoms with Gasteiger partial charge in [-0.25, -0.2) is 0 Å². The van der Waals surface area contributed by atoms with Gasteiger partial charge < -0.3 is 10.2 Å². The standard InChI is InChI=1S/C18H25N3O2S/c1-14-4-6-15(7-5-14)19-17(22)13-21-8-2-3-16(21)18(23)20-9-11-24-12-10-20/h4-7,16H,2-3,8-13H2,1H3,(H,19,22). The molecular weight excluding hydrogens is 322 g/mol. The number of hydrogen-bond acceptors (Lipinski definition) is 4. The lowest BCUT2D eigenvalue weighted by Gasteiger charge is -2.32. The van der Waals surface area contributed by atoms with E-state index in [1.54, 1.807) is 0 Å². The number of rotatable bonds is 4. The molecule has 24 heavy (non-hydrogen) atoms. The Morgan fingerprint density at radius 2 is 1.88 bits per heavy atom. The van der Waals surface area contributed by atoms with Crippen molar-refractivity contribution in [1.82, 2.24) is 9.80 Å². The maximum atomic E-state index is 12.7. The molecule has 6 heteroatoms. The molecule has 2 aliphatic rings. The van der Waals surface area contributed by atoms with E-state index < -0.39 is 0 Å². The van der Waals surface area contributed by atoms with Crippen molar-refractivity contribution in [3.63, 3.8) is 0 Å². The predicted molar refractivity (Wildman–Crippen MR) is 98.3 cm³/mol. The first-order valence-corrected chi connectivity index (χ1v) is 9.76. The van der Waals surface area contributed by atoms with Crippen molar-refractivity contribution in [2.75, 3.05) is 43.0 Å². The van der Waals surface area contributed by atoms with Crippen molar-refractivity contribution >= 4 is 29.3 Å². The van der Waals surface area contributed by atoms with Crippen LogP contribution in [-0.2, 0) is 9.59 Å².